The van der Waals surface area contributed by atoms with Crippen molar-refractivity contribution in [3.05, 3.63) is 59.4 Å². The van der Waals surface area contributed by atoms with Crippen molar-refractivity contribution in [3.8, 4) is 5.75 Å². The molecule has 0 aliphatic carbocycles. The van der Waals surface area contributed by atoms with Gasteiger partial charge in [-0.2, -0.15) is 0 Å². The molecule has 0 bridgehead atoms. The monoisotopic (exact) mass is 295 g/mol. The minimum Gasteiger partial charge on any atom is -0.474 e. The van der Waals surface area contributed by atoms with Crippen LogP contribution in [-0.2, 0) is 10.3 Å². The summed E-state index contributed by atoms with van der Waals surface area (Å²) in [5.41, 5.74) is 4.70. The zero-order valence-corrected chi connectivity index (χ0v) is 10.9. The molecule has 1 fully saturated rings. The SMILES string of the molecule is Nc1ccc(OC2(c3ccc(F)cc3F)COC2)c(F)c1. The maximum absolute atomic E-state index is 13.9. The molecule has 1 saturated heterocycles. The third-order valence-corrected chi connectivity index (χ3v) is 3.35. The molecule has 110 valence electrons. The fourth-order valence-corrected chi connectivity index (χ4v) is 2.23. The van der Waals surface area contributed by atoms with E-state index in [0.717, 1.165) is 18.2 Å². The van der Waals surface area contributed by atoms with E-state index >= 15 is 0 Å². The van der Waals surface area contributed by atoms with Gasteiger partial charge in [-0.25, -0.2) is 13.2 Å². The van der Waals surface area contributed by atoms with E-state index in [1.165, 1.54) is 18.2 Å². The van der Waals surface area contributed by atoms with Crippen LogP contribution in [0, 0.1) is 17.5 Å². The Bertz CT molecular complexity index is 687. The fourth-order valence-electron chi connectivity index (χ4n) is 2.23. The van der Waals surface area contributed by atoms with E-state index in [1.54, 1.807) is 0 Å². The van der Waals surface area contributed by atoms with Crippen molar-refractivity contribution in [2.45, 2.75) is 5.60 Å². The molecule has 0 unspecified atom stereocenters. The maximum Gasteiger partial charge on any atom is 0.183 e. The topological polar surface area (TPSA) is 44.5 Å². The first kappa shape index (κ1) is 13.8. The maximum atomic E-state index is 13.9. The second-order valence-electron chi connectivity index (χ2n) is 4.90. The molecule has 6 heteroatoms. The second-order valence-corrected chi connectivity index (χ2v) is 4.90. The molecule has 0 radical (unpaired) electrons. The summed E-state index contributed by atoms with van der Waals surface area (Å²) in [4.78, 5) is 0. The number of rotatable bonds is 3. The molecular weight excluding hydrogens is 283 g/mol. The van der Waals surface area contributed by atoms with E-state index in [1.807, 2.05) is 0 Å². The van der Waals surface area contributed by atoms with Gasteiger partial charge in [-0.1, -0.05) is 0 Å². The molecule has 3 rings (SSSR count). The molecule has 1 heterocycles. The average Bonchev–Trinajstić information content (AvgIpc) is 2.37. The predicted molar refractivity (Wildman–Crippen MR) is 70.3 cm³/mol. The van der Waals surface area contributed by atoms with Crippen LogP contribution in [0.1, 0.15) is 5.56 Å². The smallest absolute Gasteiger partial charge is 0.183 e. The zero-order valence-electron chi connectivity index (χ0n) is 10.9. The van der Waals surface area contributed by atoms with Crippen LogP contribution in [0.4, 0.5) is 18.9 Å². The van der Waals surface area contributed by atoms with Gasteiger partial charge in [0.25, 0.3) is 0 Å². The van der Waals surface area contributed by atoms with Crippen molar-refractivity contribution < 1.29 is 22.6 Å². The van der Waals surface area contributed by atoms with E-state index in [4.69, 9.17) is 15.2 Å². The molecule has 0 aromatic heterocycles. The molecular formula is C15H12F3NO2. The molecule has 1 aliphatic heterocycles. The number of nitrogen functional groups attached to an aromatic ring is 1. The highest BCUT2D eigenvalue weighted by Gasteiger charge is 2.45. The highest BCUT2D eigenvalue weighted by atomic mass is 19.1. The molecule has 0 spiro atoms. The van der Waals surface area contributed by atoms with Gasteiger partial charge in [0.05, 0.1) is 13.2 Å². The molecule has 3 nitrogen and oxygen atoms in total. The van der Waals surface area contributed by atoms with Crippen molar-refractivity contribution in [1.29, 1.82) is 0 Å². The number of halogens is 3. The number of anilines is 1. The summed E-state index contributed by atoms with van der Waals surface area (Å²) in [5, 5.41) is 0. The third-order valence-electron chi connectivity index (χ3n) is 3.35. The zero-order chi connectivity index (χ0) is 15.0. The summed E-state index contributed by atoms with van der Waals surface area (Å²) in [6.45, 7) is 0.110. The van der Waals surface area contributed by atoms with E-state index < -0.39 is 23.1 Å². The lowest BCUT2D eigenvalue weighted by Gasteiger charge is -2.41. The molecule has 2 aromatic carbocycles. The van der Waals surface area contributed by atoms with Crippen LogP contribution in [0.25, 0.3) is 0 Å². The van der Waals surface area contributed by atoms with E-state index in [-0.39, 0.29) is 30.2 Å². The number of nitrogens with two attached hydrogens (primary N) is 1. The van der Waals surface area contributed by atoms with Gasteiger partial charge in [0, 0.05) is 23.4 Å². The van der Waals surface area contributed by atoms with E-state index in [9.17, 15) is 13.2 Å². The lowest BCUT2D eigenvalue weighted by Crippen LogP contribution is -2.52. The van der Waals surface area contributed by atoms with Crippen LogP contribution < -0.4 is 10.5 Å². The highest BCUT2D eigenvalue weighted by Crippen LogP contribution is 2.37. The van der Waals surface area contributed by atoms with E-state index in [2.05, 4.69) is 0 Å². The summed E-state index contributed by atoms with van der Waals surface area (Å²) in [5.74, 6) is -2.15. The van der Waals surface area contributed by atoms with Gasteiger partial charge in [-0.3, -0.25) is 0 Å². The summed E-state index contributed by atoms with van der Waals surface area (Å²) in [6, 6.07) is 7.13. The summed E-state index contributed by atoms with van der Waals surface area (Å²) in [7, 11) is 0. The number of hydrogen-bond donors (Lipinski definition) is 1. The largest absolute Gasteiger partial charge is 0.474 e. The minimum atomic E-state index is -1.16. The van der Waals surface area contributed by atoms with Crippen molar-refractivity contribution in [2.75, 3.05) is 18.9 Å². The lowest BCUT2D eigenvalue weighted by molar-refractivity contribution is -0.170. The molecule has 1 aliphatic rings. The van der Waals surface area contributed by atoms with Gasteiger partial charge in [-0.15, -0.1) is 0 Å². The van der Waals surface area contributed by atoms with Gasteiger partial charge in [0.15, 0.2) is 17.2 Å². The van der Waals surface area contributed by atoms with Crippen LogP contribution in [-0.4, -0.2) is 13.2 Å². The van der Waals surface area contributed by atoms with Crippen molar-refractivity contribution >= 4 is 5.69 Å². The van der Waals surface area contributed by atoms with E-state index in [0.29, 0.717) is 0 Å². The Morgan fingerprint density at radius 2 is 1.76 bits per heavy atom. The van der Waals surface area contributed by atoms with Gasteiger partial charge in [0.1, 0.15) is 11.6 Å². The average molecular weight is 295 g/mol. The molecule has 0 saturated carbocycles. The van der Waals surface area contributed by atoms with Gasteiger partial charge in [0.2, 0.25) is 0 Å². The van der Waals surface area contributed by atoms with Crippen molar-refractivity contribution in [1.82, 2.24) is 0 Å². The summed E-state index contributed by atoms with van der Waals surface area (Å²) >= 11 is 0. The van der Waals surface area contributed by atoms with Crippen molar-refractivity contribution in [3.63, 3.8) is 0 Å². The van der Waals surface area contributed by atoms with Gasteiger partial charge in [-0.05, 0) is 24.3 Å². The number of ether oxygens (including phenoxy) is 2. The Morgan fingerprint density at radius 1 is 1.00 bits per heavy atom. The molecule has 2 N–H and O–H groups in total. The van der Waals surface area contributed by atoms with Crippen LogP contribution in [0.3, 0.4) is 0 Å². The first-order chi connectivity index (χ1) is 10.00. The third kappa shape index (κ3) is 2.42. The molecule has 2 aromatic rings. The fraction of sp³-hybridized carbons (Fsp3) is 0.200. The Labute approximate surface area is 119 Å². The lowest BCUT2D eigenvalue weighted by atomic mass is 9.91. The van der Waals surface area contributed by atoms with Crippen LogP contribution in [0.2, 0.25) is 0 Å². The Morgan fingerprint density at radius 3 is 2.33 bits per heavy atom. The molecule has 0 atom stereocenters. The number of benzene rings is 2. The molecule has 21 heavy (non-hydrogen) atoms. The Hall–Kier alpha value is -2.21. The highest BCUT2D eigenvalue weighted by molar-refractivity contribution is 5.43. The summed E-state index contributed by atoms with van der Waals surface area (Å²) in [6.07, 6.45) is 0. The normalized spacial score (nSPS) is 16.3. The minimum absolute atomic E-state index is 0.0549. The Balaban J connectivity index is 1.97. The summed E-state index contributed by atoms with van der Waals surface area (Å²) < 4.78 is 51.5. The van der Waals surface area contributed by atoms with Crippen LogP contribution in [0.15, 0.2) is 36.4 Å². The first-order valence-corrected chi connectivity index (χ1v) is 6.27. The van der Waals surface area contributed by atoms with Crippen molar-refractivity contribution in [2.24, 2.45) is 0 Å². The second kappa shape index (κ2) is 4.96. The van der Waals surface area contributed by atoms with Gasteiger partial charge >= 0.3 is 0 Å². The Kier molecular flexibility index (Phi) is 3.25. The van der Waals surface area contributed by atoms with Crippen LogP contribution >= 0.6 is 0 Å². The quantitative estimate of drug-likeness (QED) is 0.885. The molecule has 0 amide bonds. The first-order valence-electron chi connectivity index (χ1n) is 6.27. The van der Waals surface area contributed by atoms with Crippen LogP contribution in [0.5, 0.6) is 5.75 Å². The van der Waals surface area contributed by atoms with Gasteiger partial charge < -0.3 is 15.2 Å². The predicted octanol–water partition coefficient (Wildman–Crippen LogP) is 2.99. The standard InChI is InChI=1S/C15H12F3NO2/c16-9-1-3-11(12(17)5-9)15(7-20-8-15)21-14-4-2-10(19)6-13(14)18/h1-6H,7-8,19H2. The number of hydrogen-bond acceptors (Lipinski definition) is 3.